The number of benzene rings is 2. The number of imidazole rings is 1. The smallest absolute Gasteiger partial charge is 0.294 e. The van der Waals surface area contributed by atoms with Gasteiger partial charge in [-0.3, -0.25) is 14.9 Å². The van der Waals surface area contributed by atoms with Gasteiger partial charge in [-0.2, -0.15) is 0 Å². The fraction of sp³-hybridized carbons (Fsp3) is 0.158. The van der Waals surface area contributed by atoms with Crippen LogP contribution in [0.3, 0.4) is 0 Å². The number of nitro benzene ring substituents is 1. The van der Waals surface area contributed by atoms with E-state index in [4.69, 9.17) is 4.74 Å². The van der Waals surface area contributed by atoms with Gasteiger partial charge in [-0.15, -0.1) is 0 Å². The summed E-state index contributed by atoms with van der Waals surface area (Å²) in [5, 5.41) is 14.0. The van der Waals surface area contributed by atoms with E-state index in [0.29, 0.717) is 12.3 Å². The van der Waals surface area contributed by atoms with Gasteiger partial charge in [-0.1, -0.05) is 17.7 Å². The molecular weight excluding hydrogens is 348 g/mol. The van der Waals surface area contributed by atoms with Crippen LogP contribution in [0.15, 0.2) is 61.2 Å². The molecule has 1 N–H and O–H groups in total. The maximum atomic E-state index is 12.3. The molecule has 0 saturated carbocycles. The number of aryl methyl sites for hydroxylation is 1. The second kappa shape index (κ2) is 8.13. The Morgan fingerprint density at radius 3 is 2.70 bits per heavy atom. The molecule has 1 aromatic heterocycles. The second-order valence-electron chi connectivity index (χ2n) is 5.85. The van der Waals surface area contributed by atoms with Crippen LogP contribution in [0, 0.1) is 17.0 Å². The summed E-state index contributed by atoms with van der Waals surface area (Å²) in [5.41, 5.74) is 1.52. The van der Waals surface area contributed by atoms with Crippen molar-refractivity contribution in [2.45, 2.75) is 6.92 Å². The van der Waals surface area contributed by atoms with E-state index in [-0.39, 0.29) is 17.8 Å². The molecule has 1 heterocycles. The molecule has 0 aliphatic heterocycles. The van der Waals surface area contributed by atoms with E-state index in [1.165, 1.54) is 29.2 Å². The molecule has 0 unspecified atom stereocenters. The minimum Gasteiger partial charge on any atom is -0.492 e. The van der Waals surface area contributed by atoms with Crippen LogP contribution in [0.1, 0.15) is 15.9 Å². The van der Waals surface area contributed by atoms with E-state index in [9.17, 15) is 14.9 Å². The lowest BCUT2D eigenvalue weighted by molar-refractivity contribution is -0.384. The van der Waals surface area contributed by atoms with Gasteiger partial charge in [0.05, 0.1) is 17.8 Å². The maximum Gasteiger partial charge on any atom is 0.294 e. The van der Waals surface area contributed by atoms with Gasteiger partial charge in [0.2, 0.25) is 0 Å². The zero-order valence-electron chi connectivity index (χ0n) is 14.7. The molecule has 138 valence electrons. The number of rotatable bonds is 7. The minimum absolute atomic E-state index is 0.170. The molecule has 8 nitrogen and oxygen atoms in total. The van der Waals surface area contributed by atoms with Gasteiger partial charge < -0.3 is 14.6 Å². The van der Waals surface area contributed by atoms with Gasteiger partial charge in [0.15, 0.2) is 0 Å². The summed E-state index contributed by atoms with van der Waals surface area (Å²) in [7, 11) is 0. The number of carbonyl (C=O) groups is 1. The van der Waals surface area contributed by atoms with Crippen LogP contribution in [0.2, 0.25) is 0 Å². The molecule has 3 rings (SSSR count). The summed E-state index contributed by atoms with van der Waals surface area (Å²) in [5.74, 6) is 0.318. The highest BCUT2D eigenvalue weighted by molar-refractivity contribution is 5.95. The summed E-state index contributed by atoms with van der Waals surface area (Å²) in [6, 6.07) is 11.9. The molecule has 0 bridgehead atoms. The monoisotopic (exact) mass is 366 g/mol. The Bertz CT molecular complexity index is 937. The molecule has 0 radical (unpaired) electrons. The van der Waals surface area contributed by atoms with Gasteiger partial charge in [0, 0.05) is 24.0 Å². The lowest BCUT2D eigenvalue weighted by Crippen LogP contribution is -2.28. The molecule has 2 aromatic carbocycles. The van der Waals surface area contributed by atoms with E-state index in [1.54, 1.807) is 12.3 Å². The minimum atomic E-state index is -0.521. The highest BCUT2D eigenvalue weighted by Gasteiger charge is 2.18. The third-order valence-electron chi connectivity index (χ3n) is 3.89. The SMILES string of the molecule is Cc1ccc(OCCNC(=O)c2ccc(-n3ccnc3)c([N+](=O)[O-])c2)cc1. The Morgan fingerprint density at radius 2 is 2.04 bits per heavy atom. The summed E-state index contributed by atoms with van der Waals surface area (Å²) in [6.07, 6.45) is 4.59. The molecule has 8 heteroatoms. The van der Waals surface area contributed by atoms with E-state index < -0.39 is 10.8 Å². The lowest BCUT2D eigenvalue weighted by Gasteiger charge is -2.09. The largest absolute Gasteiger partial charge is 0.492 e. The predicted octanol–water partition coefficient (Wildman–Crippen LogP) is 2.90. The fourth-order valence-corrected chi connectivity index (χ4v) is 2.50. The molecule has 0 spiro atoms. The van der Waals surface area contributed by atoms with E-state index in [0.717, 1.165) is 11.3 Å². The first-order valence-corrected chi connectivity index (χ1v) is 8.29. The summed E-state index contributed by atoms with van der Waals surface area (Å²) >= 11 is 0. The number of nitro groups is 1. The number of aromatic nitrogens is 2. The molecular formula is C19H18N4O4. The zero-order chi connectivity index (χ0) is 19.2. The van der Waals surface area contributed by atoms with Crippen LogP contribution >= 0.6 is 0 Å². The second-order valence-corrected chi connectivity index (χ2v) is 5.85. The Labute approximate surface area is 155 Å². The van der Waals surface area contributed by atoms with Crippen molar-refractivity contribution in [3.05, 3.63) is 82.4 Å². The molecule has 0 aliphatic rings. The highest BCUT2D eigenvalue weighted by Crippen LogP contribution is 2.24. The van der Waals surface area contributed by atoms with Gasteiger partial charge in [0.25, 0.3) is 11.6 Å². The van der Waals surface area contributed by atoms with Crippen molar-refractivity contribution < 1.29 is 14.5 Å². The Kier molecular flexibility index (Phi) is 5.46. The molecule has 27 heavy (non-hydrogen) atoms. The number of nitrogens with zero attached hydrogens (tertiary/aromatic N) is 3. The van der Waals surface area contributed by atoms with Crippen molar-refractivity contribution >= 4 is 11.6 Å². The van der Waals surface area contributed by atoms with Crippen LogP contribution in [0.5, 0.6) is 5.75 Å². The van der Waals surface area contributed by atoms with Crippen molar-refractivity contribution in [3.63, 3.8) is 0 Å². The van der Waals surface area contributed by atoms with Crippen LogP contribution in [0.4, 0.5) is 5.69 Å². The number of hydrogen-bond acceptors (Lipinski definition) is 5. The van der Waals surface area contributed by atoms with Gasteiger partial charge in [-0.25, -0.2) is 4.98 Å². The Hall–Kier alpha value is -3.68. The third-order valence-corrected chi connectivity index (χ3v) is 3.89. The predicted molar refractivity (Wildman–Crippen MR) is 99.2 cm³/mol. The number of nitrogens with one attached hydrogen (secondary N) is 1. The maximum absolute atomic E-state index is 12.3. The van der Waals surface area contributed by atoms with Crippen LogP contribution in [-0.2, 0) is 0 Å². The van der Waals surface area contributed by atoms with Crippen LogP contribution in [-0.4, -0.2) is 33.5 Å². The van der Waals surface area contributed by atoms with Gasteiger partial charge >= 0.3 is 0 Å². The first kappa shape index (κ1) is 18.1. The van der Waals surface area contributed by atoms with Gasteiger partial charge in [0.1, 0.15) is 18.0 Å². The van der Waals surface area contributed by atoms with Crippen LogP contribution < -0.4 is 10.1 Å². The Balaban J connectivity index is 1.62. The third kappa shape index (κ3) is 4.49. The Morgan fingerprint density at radius 1 is 1.26 bits per heavy atom. The fourth-order valence-electron chi connectivity index (χ4n) is 2.50. The first-order valence-electron chi connectivity index (χ1n) is 8.29. The van der Waals surface area contributed by atoms with Crippen molar-refractivity contribution in [1.82, 2.24) is 14.9 Å². The normalized spacial score (nSPS) is 10.4. The summed E-state index contributed by atoms with van der Waals surface area (Å²) in [6.45, 7) is 2.56. The lowest BCUT2D eigenvalue weighted by atomic mass is 10.1. The molecule has 1 amide bonds. The van der Waals surface area contributed by atoms with Crippen molar-refractivity contribution in [2.75, 3.05) is 13.2 Å². The van der Waals surface area contributed by atoms with Crippen molar-refractivity contribution in [3.8, 4) is 11.4 Å². The quantitative estimate of drug-likeness (QED) is 0.394. The number of carbonyl (C=O) groups excluding carboxylic acids is 1. The average Bonchev–Trinajstić information content (AvgIpc) is 3.20. The number of amides is 1. The van der Waals surface area contributed by atoms with Crippen molar-refractivity contribution in [2.24, 2.45) is 0 Å². The van der Waals surface area contributed by atoms with E-state index in [2.05, 4.69) is 10.3 Å². The van der Waals surface area contributed by atoms with E-state index in [1.807, 2.05) is 31.2 Å². The van der Waals surface area contributed by atoms with Crippen molar-refractivity contribution in [1.29, 1.82) is 0 Å². The molecule has 0 fully saturated rings. The first-order chi connectivity index (χ1) is 13.0. The van der Waals surface area contributed by atoms with Gasteiger partial charge in [-0.05, 0) is 31.2 Å². The van der Waals surface area contributed by atoms with Crippen LogP contribution in [0.25, 0.3) is 5.69 Å². The topological polar surface area (TPSA) is 99.3 Å². The molecule has 0 saturated heterocycles. The van der Waals surface area contributed by atoms with E-state index >= 15 is 0 Å². The number of ether oxygens (including phenoxy) is 1. The number of hydrogen-bond donors (Lipinski definition) is 1. The zero-order valence-corrected chi connectivity index (χ0v) is 14.7. The molecule has 3 aromatic rings. The summed E-state index contributed by atoms with van der Waals surface area (Å²) < 4.78 is 7.07. The average molecular weight is 366 g/mol. The summed E-state index contributed by atoms with van der Waals surface area (Å²) in [4.78, 5) is 27.0. The molecule has 0 atom stereocenters. The standard InChI is InChI=1S/C19H18N4O4/c1-14-2-5-16(6-3-14)27-11-9-21-19(24)15-4-7-17(18(12-15)23(25)26)22-10-8-20-13-22/h2-8,10,12-13H,9,11H2,1H3,(H,21,24). The highest BCUT2D eigenvalue weighted by atomic mass is 16.6. The molecule has 0 aliphatic carbocycles.